The first-order chi connectivity index (χ1) is 12.1. The van der Waals surface area contributed by atoms with E-state index in [-0.39, 0.29) is 5.56 Å². The van der Waals surface area contributed by atoms with Gasteiger partial charge in [0.05, 0.1) is 23.0 Å². The minimum Gasteiger partial charge on any atom is -0.377 e. The Balaban J connectivity index is 2.08. The molecular formula is C19H18N4OS. The van der Waals surface area contributed by atoms with E-state index in [1.807, 2.05) is 56.3 Å². The van der Waals surface area contributed by atoms with Crippen LogP contribution in [0.1, 0.15) is 5.56 Å². The van der Waals surface area contributed by atoms with Gasteiger partial charge in [-0.15, -0.1) is 11.3 Å². The summed E-state index contributed by atoms with van der Waals surface area (Å²) < 4.78 is 3.12. The number of rotatable bonds is 2. The molecule has 0 fully saturated rings. The maximum absolute atomic E-state index is 13.0. The molecule has 0 unspecified atom stereocenters. The van der Waals surface area contributed by atoms with Crippen LogP contribution in [0.3, 0.4) is 0 Å². The van der Waals surface area contributed by atoms with Crippen LogP contribution in [0.15, 0.2) is 52.5 Å². The van der Waals surface area contributed by atoms with E-state index in [9.17, 15) is 4.79 Å². The number of nitrogens with zero attached hydrogens (tertiary/aromatic N) is 4. The summed E-state index contributed by atoms with van der Waals surface area (Å²) in [6.07, 6.45) is 5.69. The molecule has 0 atom stereocenters. The number of aryl methyl sites for hydroxylation is 1. The second-order valence-electron chi connectivity index (χ2n) is 6.24. The van der Waals surface area contributed by atoms with Crippen molar-refractivity contribution in [2.75, 3.05) is 20.6 Å². The molecule has 0 bridgehead atoms. The molecule has 1 aromatic carbocycles. The highest BCUT2D eigenvalue weighted by molar-refractivity contribution is 7.16. The molecule has 0 N–H and O–H groups in total. The Hall–Kier alpha value is -2.73. The first kappa shape index (κ1) is 15.8. The quantitative estimate of drug-likeness (QED) is 0.706. The van der Waals surface area contributed by atoms with Gasteiger partial charge in [0.1, 0.15) is 15.7 Å². The molecule has 5 nitrogen and oxygen atoms in total. The van der Waals surface area contributed by atoms with Crippen LogP contribution < -0.4 is 15.4 Å². The summed E-state index contributed by atoms with van der Waals surface area (Å²) in [5.41, 5.74) is 3.69. The minimum absolute atomic E-state index is 0.0517. The predicted octanol–water partition coefficient (Wildman–Crippen LogP) is 1.61. The Kier molecular flexibility index (Phi) is 3.77. The summed E-state index contributed by atoms with van der Waals surface area (Å²) in [6, 6.07) is 7.86. The van der Waals surface area contributed by atoms with E-state index < -0.39 is 0 Å². The third kappa shape index (κ3) is 2.59. The number of aromatic nitrogens is 2. The molecule has 0 saturated carbocycles. The van der Waals surface area contributed by atoms with Crippen molar-refractivity contribution in [1.82, 2.24) is 14.5 Å². The normalized spacial score (nSPS) is 13.5. The lowest BCUT2D eigenvalue weighted by Crippen LogP contribution is -2.28. The molecule has 1 aliphatic rings. The van der Waals surface area contributed by atoms with Gasteiger partial charge in [0.15, 0.2) is 0 Å². The first-order valence-corrected chi connectivity index (χ1v) is 8.88. The fraction of sp³-hybridized carbons (Fsp3) is 0.211. The molecule has 3 aromatic rings. The monoisotopic (exact) mass is 350 g/mol. The van der Waals surface area contributed by atoms with Crippen molar-refractivity contribution in [2.45, 2.75) is 6.92 Å². The van der Waals surface area contributed by atoms with Gasteiger partial charge in [0, 0.05) is 19.8 Å². The smallest absolute Gasteiger partial charge is 0.275 e. The fourth-order valence-electron chi connectivity index (χ4n) is 2.94. The van der Waals surface area contributed by atoms with E-state index in [0.29, 0.717) is 11.2 Å². The topological polar surface area (TPSA) is 50.5 Å². The van der Waals surface area contributed by atoms with Crippen molar-refractivity contribution in [1.29, 1.82) is 0 Å². The molecule has 4 rings (SSSR count). The number of hydrogen-bond donors (Lipinski definition) is 0. The Morgan fingerprint density at radius 3 is 2.68 bits per heavy atom. The van der Waals surface area contributed by atoms with Gasteiger partial charge in [-0.25, -0.2) is 4.98 Å². The van der Waals surface area contributed by atoms with Gasteiger partial charge in [-0.3, -0.25) is 14.4 Å². The lowest BCUT2D eigenvalue weighted by molar-refractivity contribution is 0.592. The molecule has 0 amide bonds. The van der Waals surface area contributed by atoms with Crippen LogP contribution in [0.4, 0.5) is 0 Å². The Morgan fingerprint density at radius 2 is 1.96 bits per heavy atom. The average molecular weight is 350 g/mol. The number of benzene rings is 1. The lowest BCUT2D eigenvalue weighted by Gasteiger charge is -2.12. The van der Waals surface area contributed by atoms with E-state index in [2.05, 4.69) is 16.1 Å². The van der Waals surface area contributed by atoms with Gasteiger partial charge >= 0.3 is 0 Å². The minimum atomic E-state index is -0.0517. The zero-order valence-corrected chi connectivity index (χ0v) is 15.2. The zero-order chi connectivity index (χ0) is 17.6. The number of fused-ring (bicyclic) bond motifs is 3. The Labute approximate surface area is 148 Å². The summed E-state index contributed by atoms with van der Waals surface area (Å²) in [5, 5.41) is 0.951. The van der Waals surface area contributed by atoms with E-state index in [4.69, 9.17) is 0 Å². The highest BCUT2D eigenvalue weighted by Gasteiger charge is 2.15. The van der Waals surface area contributed by atoms with Crippen LogP contribution in [0.5, 0.6) is 0 Å². The van der Waals surface area contributed by atoms with Crippen LogP contribution in [0.2, 0.25) is 0 Å². The molecule has 3 heterocycles. The second kappa shape index (κ2) is 5.97. The summed E-state index contributed by atoms with van der Waals surface area (Å²) in [4.78, 5) is 24.3. The van der Waals surface area contributed by atoms with Gasteiger partial charge in [-0.1, -0.05) is 23.8 Å². The van der Waals surface area contributed by atoms with E-state index >= 15 is 0 Å². The second-order valence-corrected chi connectivity index (χ2v) is 7.24. The molecule has 0 saturated heterocycles. The van der Waals surface area contributed by atoms with E-state index in [1.165, 1.54) is 11.3 Å². The molecule has 126 valence electrons. The number of likely N-dealkylation sites (N-methyl/N-ethyl adjacent to an activating group) is 1. The Morgan fingerprint density at radius 1 is 1.20 bits per heavy atom. The van der Waals surface area contributed by atoms with Crippen LogP contribution in [0.25, 0.3) is 21.6 Å². The van der Waals surface area contributed by atoms with Crippen molar-refractivity contribution in [3.05, 3.63) is 68.6 Å². The molecule has 0 aliphatic carbocycles. The van der Waals surface area contributed by atoms with Crippen molar-refractivity contribution in [3.63, 3.8) is 0 Å². The SMILES string of the molecule is Cc1ccc(-n2cnc3c4c(sc3c2=O)=NCC=CC=4N(C)C)cc1. The van der Waals surface area contributed by atoms with E-state index in [1.54, 1.807) is 10.9 Å². The standard InChI is InChI=1S/C19H18N4OS/c1-12-6-8-13(9-7-12)23-11-21-16-15-14(22(2)3)5-4-10-20-18(15)25-17(16)19(23)24/h4-9,11H,10H2,1-3H3. The summed E-state index contributed by atoms with van der Waals surface area (Å²) in [6.45, 7) is 2.64. The summed E-state index contributed by atoms with van der Waals surface area (Å²) in [7, 11) is 3.98. The highest BCUT2D eigenvalue weighted by Crippen LogP contribution is 2.13. The van der Waals surface area contributed by atoms with Crippen LogP contribution in [-0.4, -0.2) is 35.1 Å². The molecule has 2 aromatic heterocycles. The first-order valence-electron chi connectivity index (χ1n) is 8.06. The van der Waals surface area contributed by atoms with Crippen molar-refractivity contribution >= 4 is 27.3 Å². The Bertz CT molecular complexity index is 1170. The molecule has 0 radical (unpaired) electrons. The molecule has 25 heavy (non-hydrogen) atoms. The molecule has 1 aliphatic heterocycles. The average Bonchev–Trinajstić information content (AvgIpc) is 2.82. The van der Waals surface area contributed by atoms with E-state index in [0.717, 1.165) is 32.4 Å². The van der Waals surface area contributed by atoms with Crippen molar-refractivity contribution in [2.24, 2.45) is 4.99 Å². The van der Waals surface area contributed by atoms with Gasteiger partial charge in [0.2, 0.25) is 0 Å². The zero-order valence-electron chi connectivity index (χ0n) is 14.4. The lowest BCUT2D eigenvalue weighted by atomic mass is 10.2. The van der Waals surface area contributed by atoms with Crippen molar-refractivity contribution < 1.29 is 0 Å². The summed E-state index contributed by atoms with van der Waals surface area (Å²) >= 11 is 1.42. The molecular weight excluding hydrogens is 332 g/mol. The maximum Gasteiger partial charge on any atom is 0.275 e. The van der Waals surface area contributed by atoms with Gasteiger partial charge in [-0.05, 0) is 25.1 Å². The highest BCUT2D eigenvalue weighted by atomic mass is 32.1. The maximum atomic E-state index is 13.0. The predicted molar refractivity (Wildman–Crippen MR) is 102 cm³/mol. The van der Waals surface area contributed by atoms with Crippen LogP contribution in [-0.2, 0) is 0 Å². The molecule has 0 spiro atoms. The van der Waals surface area contributed by atoms with Gasteiger partial charge in [0.25, 0.3) is 5.56 Å². The number of hydrogen-bond acceptors (Lipinski definition) is 5. The van der Waals surface area contributed by atoms with Gasteiger partial charge in [-0.2, -0.15) is 0 Å². The number of thiophene rings is 1. The largest absolute Gasteiger partial charge is 0.377 e. The van der Waals surface area contributed by atoms with Crippen LogP contribution in [0, 0.1) is 6.92 Å². The molecule has 6 heteroatoms. The van der Waals surface area contributed by atoms with Crippen LogP contribution >= 0.6 is 11.3 Å². The van der Waals surface area contributed by atoms with Crippen molar-refractivity contribution in [3.8, 4) is 5.69 Å². The van der Waals surface area contributed by atoms with Gasteiger partial charge < -0.3 is 4.90 Å². The third-order valence-corrected chi connectivity index (χ3v) is 5.34. The summed E-state index contributed by atoms with van der Waals surface area (Å²) in [5.74, 6) is 0. The fourth-order valence-corrected chi connectivity index (χ4v) is 4.02. The third-order valence-electron chi connectivity index (χ3n) is 4.25.